The van der Waals surface area contributed by atoms with E-state index >= 15 is 0 Å². The average Bonchev–Trinajstić information content (AvgIpc) is 2.66. The summed E-state index contributed by atoms with van der Waals surface area (Å²) in [5.41, 5.74) is 4.93. The topological polar surface area (TPSA) is 43.4 Å². The van der Waals surface area contributed by atoms with Crippen LogP contribution >= 0.6 is 11.8 Å². The maximum Gasteiger partial charge on any atom is 0.337 e. The fourth-order valence-electron chi connectivity index (χ4n) is 3.83. The van der Waals surface area contributed by atoms with E-state index in [9.17, 15) is 9.59 Å². The van der Waals surface area contributed by atoms with Crippen molar-refractivity contribution < 1.29 is 14.3 Å². The van der Waals surface area contributed by atoms with E-state index in [1.807, 2.05) is 19.1 Å². The number of ether oxygens (including phenoxy) is 1. The maximum atomic E-state index is 13.0. The zero-order chi connectivity index (χ0) is 20.7. The molecule has 0 radical (unpaired) electrons. The van der Waals surface area contributed by atoms with Gasteiger partial charge in [0.25, 0.3) is 0 Å². The Bertz CT molecular complexity index is 941. The number of hydrogen-bond donors (Lipinski definition) is 0. The molecule has 4 heteroatoms. The summed E-state index contributed by atoms with van der Waals surface area (Å²) in [4.78, 5) is 25.6. The Morgan fingerprint density at radius 1 is 0.893 bits per heavy atom. The Balaban J connectivity index is 1.94. The fraction of sp³-hybridized carbons (Fsp3) is 0.417. The van der Waals surface area contributed by atoms with Crippen LogP contribution in [0.25, 0.3) is 0 Å². The van der Waals surface area contributed by atoms with Crippen LogP contribution in [0.2, 0.25) is 0 Å². The van der Waals surface area contributed by atoms with Gasteiger partial charge in [0.2, 0.25) is 5.12 Å². The lowest BCUT2D eigenvalue weighted by atomic mass is 9.63. The molecule has 0 atom stereocenters. The van der Waals surface area contributed by atoms with Crippen LogP contribution in [0.1, 0.15) is 77.9 Å². The van der Waals surface area contributed by atoms with Gasteiger partial charge in [0.1, 0.15) is 0 Å². The molecule has 0 fully saturated rings. The smallest absolute Gasteiger partial charge is 0.337 e. The number of fused-ring (bicyclic) bond motifs is 1. The first kappa shape index (κ1) is 20.7. The van der Waals surface area contributed by atoms with Gasteiger partial charge in [-0.05, 0) is 77.2 Å². The Hall–Kier alpha value is -2.07. The third kappa shape index (κ3) is 3.88. The molecule has 0 heterocycles. The monoisotopic (exact) mass is 396 g/mol. The predicted octanol–water partition coefficient (Wildman–Crippen LogP) is 6.06. The number of rotatable bonds is 3. The van der Waals surface area contributed by atoms with Crippen molar-refractivity contribution in [3.63, 3.8) is 0 Å². The molecule has 28 heavy (non-hydrogen) atoms. The molecule has 1 aliphatic rings. The van der Waals surface area contributed by atoms with Crippen molar-refractivity contribution >= 4 is 22.8 Å². The second-order valence-electron chi connectivity index (χ2n) is 8.89. The van der Waals surface area contributed by atoms with E-state index in [0.717, 1.165) is 23.3 Å². The molecule has 0 aromatic heterocycles. The van der Waals surface area contributed by atoms with Crippen LogP contribution in [0.15, 0.2) is 41.3 Å². The first-order valence-corrected chi connectivity index (χ1v) is 10.4. The molecule has 0 amide bonds. The van der Waals surface area contributed by atoms with Crippen LogP contribution < -0.4 is 0 Å². The average molecular weight is 397 g/mol. The molecule has 0 spiro atoms. The highest BCUT2D eigenvalue weighted by Crippen LogP contribution is 2.46. The van der Waals surface area contributed by atoms with E-state index in [4.69, 9.17) is 4.74 Å². The van der Waals surface area contributed by atoms with Gasteiger partial charge in [-0.3, -0.25) is 4.79 Å². The lowest BCUT2D eigenvalue weighted by Gasteiger charge is -2.42. The standard InChI is InChI=1S/C24H28O3S/c1-15-7-8-16(21(25)27-6)14-20(15)28-22(26)17-9-10-18-19(13-17)24(4,5)12-11-23(18,2)3/h7-10,13-14H,11-12H2,1-6H3. The second-order valence-corrected chi connectivity index (χ2v) is 9.90. The molecule has 0 saturated heterocycles. The number of thioether (sulfide) groups is 1. The molecule has 2 aromatic carbocycles. The minimum Gasteiger partial charge on any atom is -0.465 e. The minimum absolute atomic E-state index is 0.00732. The van der Waals surface area contributed by atoms with Gasteiger partial charge >= 0.3 is 5.97 Å². The Morgan fingerprint density at radius 3 is 2.14 bits per heavy atom. The SMILES string of the molecule is COC(=O)c1ccc(C)c(SC(=O)c2ccc3c(c2)C(C)(C)CCC3(C)C)c1. The van der Waals surface area contributed by atoms with Gasteiger partial charge in [-0.25, -0.2) is 4.79 Å². The highest BCUT2D eigenvalue weighted by Gasteiger charge is 2.37. The van der Waals surface area contributed by atoms with Crippen molar-refractivity contribution in [3.8, 4) is 0 Å². The number of carbonyl (C=O) groups excluding carboxylic acids is 2. The third-order valence-corrected chi connectivity index (χ3v) is 6.98. The molecule has 0 N–H and O–H groups in total. The predicted molar refractivity (Wildman–Crippen MR) is 114 cm³/mol. The van der Waals surface area contributed by atoms with Gasteiger partial charge in [-0.15, -0.1) is 0 Å². The van der Waals surface area contributed by atoms with Crippen LogP contribution in [-0.4, -0.2) is 18.2 Å². The third-order valence-electron chi connectivity index (χ3n) is 5.90. The van der Waals surface area contributed by atoms with Gasteiger partial charge in [0.15, 0.2) is 0 Å². The van der Waals surface area contributed by atoms with Crippen molar-refractivity contribution in [1.82, 2.24) is 0 Å². The summed E-state index contributed by atoms with van der Waals surface area (Å²) in [5, 5.41) is -0.00732. The summed E-state index contributed by atoms with van der Waals surface area (Å²) in [7, 11) is 1.36. The highest BCUT2D eigenvalue weighted by atomic mass is 32.2. The van der Waals surface area contributed by atoms with Crippen LogP contribution in [0, 0.1) is 6.92 Å². The summed E-state index contributed by atoms with van der Waals surface area (Å²) >= 11 is 1.17. The van der Waals surface area contributed by atoms with Crippen LogP contribution in [0.4, 0.5) is 0 Å². The van der Waals surface area contributed by atoms with Gasteiger partial charge in [-0.1, -0.05) is 45.9 Å². The molecule has 0 aliphatic heterocycles. The van der Waals surface area contributed by atoms with E-state index in [1.54, 1.807) is 12.1 Å². The number of aryl methyl sites for hydroxylation is 1. The lowest BCUT2D eigenvalue weighted by molar-refractivity contribution is 0.0600. The van der Waals surface area contributed by atoms with Crippen molar-refractivity contribution in [2.24, 2.45) is 0 Å². The molecular weight excluding hydrogens is 368 g/mol. The van der Waals surface area contributed by atoms with Crippen LogP contribution in [0.5, 0.6) is 0 Å². The highest BCUT2D eigenvalue weighted by molar-refractivity contribution is 8.14. The summed E-state index contributed by atoms with van der Waals surface area (Å²) in [6.45, 7) is 11.0. The summed E-state index contributed by atoms with van der Waals surface area (Å²) in [6.07, 6.45) is 2.26. The Morgan fingerprint density at radius 2 is 1.50 bits per heavy atom. The molecule has 1 aliphatic carbocycles. The van der Waals surface area contributed by atoms with Crippen molar-refractivity contribution in [3.05, 3.63) is 64.2 Å². The van der Waals surface area contributed by atoms with Crippen molar-refractivity contribution in [2.75, 3.05) is 7.11 Å². The number of methoxy groups -OCH3 is 1. The zero-order valence-electron chi connectivity index (χ0n) is 17.5. The molecular formula is C24H28O3S. The second kappa shape index (κ2) is 7.40. The van der Waals surface area contributed by atoms with Gasteiger partial charge < -0.3 is 4.74 Å². The Labute approximate surface area is 171 Å². The zero-order valence-corrected chi connectivity index (χ0v) is 18.3. The lowest BCUT2D eigenvalue weighted by Crippen LogP contribution is -2.34. The van der Waals surface area contributed by atoms with E-state index in [0.29, 0.717) is 11.1 Å². The van der Waals surface area contributed by atoms with Gasteiger partial charge in [-0.2, -0.15) is 0 Å². The van der Waals surface area contributed by atoms with Crippen molar-refractivity contribution in [2.45, 2.75) is 63.2 Å². The summed E-state index contributed by atoms with van der Waals surface area (Å²) in [5.74, 6) is -0.396. The molecule has 3 nitrogen and oxygen atoms in total. The van der Waals surface area contributed by atoms with Crippen LogP contribution in [0.3, 0.4) is 0 Å². The number of hydrogen-bond acceptors (Lipinski definition) is 4. The fourth-order valence-corrected chi connectivity index (χ4v) is 4.69. The van der Waals surface area contributed by atoms with Crippen molar-refractivity contribution in [1.29, 1.82) is 0 Å². The molecule has 3 rings (SSSR count). The normalized spacial score (nSPS) is 16.9. The molecule has 0 bridgehead atoms. The summed E-state index contributed by atoms with van der Waals surface area (Å²) in [6, 6.07) is 11.4. The van der Waals surface area contributed by atoms with Gasteiger partial charge in [0.05, 0.1) is 12.7 Å². The van der Waals surface area contributed by atoms with E-state index in [-0.39, 0.29) is 15.9 Å². The van der Waals surface area contributed by atoms with E-state index in [2.05, 4.69) is 39.8 Å². The maximum absolute atomic E-state index is 13.0. The number of carbonyl (C=O) groups is 2. The quantitative estimate of drug-likeness (QED) is 0.467. The Kier molecular flexibility index (Phi) is 5.46. The largest absolute Gasteiger partial charge is 0.465 e. The van der Waals surface area contributed by atoms with E-state index in [1.165, 1.54) is 30.0 Å². The molecule has 0 saturated carbocycles. The first-order chi connectivity index (χ1) is 13.0. The molecule has 0 unspecified atom stereocenters. The molecule has 148 valence electrons. The van der Waals surface area contributed by atoms with Gasteiger partial charge in [0, 0.05) is 10.5 Å². The first-order valence-electron chi connectivity index (χ1n) is 9.61. The number of benzene rings is 2. The summed E-state index contributed by atoms with van der Waals surface area (Å²) < 4.78 is 4.79. The van der Waals surface area contributed by atoms with E-state index < -0.39 is 5.97 Å². The minimum atomic E-state index is -0.396. The van der Waals surface area contributed by atoms with Crippen LogP contribution in [-0.2, 0) is 15.6 Å². The molecule has 2 aromatic rings. The number of esters is 1.